The van der Waals surface area contributed by atoms with Gasteiger partial charge in [0.2, 0.25) is 0 Å². The molecule has 1 aliphatic heterocycles. The SMILES string of the molecule is COc1ccc(OC)c(CC(C)(C#N)N2CCCCC2)c1. The van der Waals surface area contributed by atoms with E-state index in [4.69, 9.17) is 9.47 Å². The molecule has 0 amide bonds. The summed E-state index contributed by atoms with van der Waals surface area (Å²) in [5.41, 5.74) is 0.520. The Morgan fingerprint density at radius 3 is 2.48 bits per heavy atom. The summed E-state index contributed by atoms with van der Waals surface area (Å²) in [5.74, 6) is 1.61. The van der Waals surface area contributed by atoms with Gasteiger partial charge in [-0.15, -0.1) is 0 Å². The van der Waals surface area contributed by atoms with E-state index < -0.39 is 5.54 Å². The number of rotatable bonds is 5. The molecule has 0 N–H and O–H groups in total. The number of benzene rings is 1. The maximum atomic E-state index is 9.73. The molecule has 0 aromatic heterocycles. The van der Waals surface area contributed by atoms with Crippen LogP contribution in [0.4, 0.5) is 0 Å². The van der Waals surface area contributed by atoms with Crippen LogP contribution in [0.25, 0.3) is 0 Å². The van der Waals surface area contributed by atoms with Gasteiger partial charge in [0.25, 0.3) is 0 Å². The van der Waals surface area contributed by atoms with Gasteiger partial charge in [-0.2, -0.15) is 5.26 Å². The molecular weight excluding hydrogens is 264 g/mol. The van der Waals surface area contributed by atoms with Crippen molar-refractivity contribution in [3.8, 4) is 17.6 Å². The van der Waals surface area contributed by atoms with E-state index in [0.717, 1.165) is 30.2 Å². The lowest BCUT2D eigenvalue weighted by molar-refractivity contribution is 0.123. The number of nitrogens with zero attached hydrogens (tertiary/aromatic N) is 2. The lowest BCUT2D eigenvalue weighted by atomic mass is 9.90. The van der Waals surface area contributed by atoms with E-state index in [9.17, 15) is 5.26 Å². The second-order valence-electron chi connectivity index (χ2n) is 5.79. The normalized spacial score (nSPS) is 18.6. The van der Waals surface area contributed by atoms with E-state index in [1.165, 1.54) is 19.3 Å². The van der Waals surface area contributed by atoms with Crippen LogP contribution < -0.4 is 9.47 Å². The quantitative estimate of drug-likeness (QED) is 0.835. The molecule has 4 heteroatoms. The van der Waals surface area contributed by atoms with Crippen molar-refractivity contribution in [2.24, 2.45) is 0 Å². The van der Waals surface area contributed by atoms with Gasteiger partial charge in [0, 0.05) is 12.0 Å². The monoisotopic (exact) mass is 288 g/mol. The third-order valence-corrected chi connectivity index (χ3v) is 4.32. The van der Waals surface area contributed by atoms with Gasteiger partial charge >= 0.3 is 0 Å². The molecule has 21 heavy (non-hydrogen) atoms. The average Bonchev–Trinajstić information content (AvgIpc) is 2.55. The van der Waals surface area contributed by atoms with Crippen molar-refractivity contribution < 1.29 is 9.47 Å². The second-order valence-corrected chi connectivity index (χ2v) is 5.79. The summed E-state index contributed by atoms with van der Waals surface area (Å²) < 4.78 is 10.7. The molecule has 1 aromatic rings. The standard InChI is InChI=1S/C17H24N2O2/c1-17(13-18,19-9-5-4-6-10-19)12-14-11-15(20-2)7-8-16(14)21-3/h7-8,11H,4-6,9-10,12H2,1-3H3. The van der Waals surface area contributed by atoms with Gasteiger partial charge in [0.15, 0.2) is 0 Å². The average molecular weight is 288 g/mol. The number of ether oxygens (including phenoxy) is 2. The van der Waals surface area contributed by atoms with E-state index in [0.29, 0.717) is 6.42 Å². The van der Waals surface area contributed by atoms with Crippen LogP contribution in [0.2, 0.25) is 0 Å². The highest BCUT2D eigenvalue weighted by molar-refractivity contribution is 5.42. The molecule has 0 aliphatic carbocycles. The van der Waals surface area contributed by atoms with E-state index >= 15 is 0 Å². The predicted octanol–water partition coefficient (Wildman–Crippen LogP) is 3.01. The topological polar surface area (TPSA) is 45.5 Å². The smallest absolute Gasteiger partial charge is 0.122 e. The highest BCUT2D eigenvalue weighted by Crippen LogP contribution is 2.31. The van der Waals surface area contributed by atoms with Crippen molar-refractivity contribution in [2.75, 3.05) is 27.3 Å². The first-order chi connectivity index (χ1) is 10.1. The van der Waals surface area contributed by atoms with E-state index in [2.05, 4.69) is 11.0 Å². The highest BCUT2D eigenvalue weighted by Gasteiger charge is 2.33. The third-order valence-electron chi connectivity index (χ3n) is 4.32. The third kappa shape index (κ3) is 3.48. The lowest BCUT2D eigenvalue weighted by Crippen LogP contribution is -2.49. The zero-order chi connectivity index (χ0) is 15.3. The first-order valence-electron chi connectivity index (χ1n) is 7.50. The molecule has 0 saturated carbocycles. The highest BCUT2D eigenvalue weighted by atomic mass is 16.5. The fraction of sp³-hybridized carbons (Fsp3) is 0.588. The Hall–Kier alpha value is -1.73. The molecule has 1 fully saturated rings. The van der Waals surface area contributed by atoms with Crippen molar-refractivity contribution in [2.45, 2.75) is 38.1 Å². The number of nitriles is 1. The summed E-state index contributed by atoms with van der Waals surface area (Å²) in [6.45, 7) is 4.02. The minimum Gasteiger partial charge on any atom is -0.497 e. The number of piperidine rings is 1. The van der Waals surface area contributed by atoms with Crippen molar-refractivity contribution in [3.05, 3.63) is 23.8 Å². The Kier molecular flexibility index (Phi) is 5.08. The van der Waals surface area contributed by atoms with Crippen molar-refractivity contribution >= 4 is 0 Å². The van der Waals surface area contributed by atoms with E-state index in [1.54, 1.807) is 14.2 Å². The summed E-state index contributed by atoms with van der Waals surface area (Å²) in [6, 6.07) is 8.27. The van der Waals surface area contributed by atoms with Gasteiger partial charge in [-0.05, 0) is 51.1 Å². The number of hydrogen-bond acceptors (Lipinski definition) is 4. The fourth-order valence-electron chi connectivity index (χ4n) is 3.00. The molecule has 4 nitrogen and oxygen atoms in total. The van der Waals surface area contributed by atoms with Crippen molar-refractivity contribution in [3.63, 3.8) is 0 Å². The number of likely N-dealkylation sites (tertiary alicyclic amines) is 1. The molecule has 1 saturated heterocycles. The Morgan fingerprint density at radius 1 is 1.19 bits per heavy atom. The first-order valence-corrected chi connectivity index (χ1v) is 7.50. The Morgan fingerprint density at radius 2 is 1.90 bits per heavy atom. The molecule has 1 heterocycles. The summed E-state index contributed by atoms with van der Waals surface area (Å²) in [4.78, 5) is 2.30. The van der Waals surface area contributed by atoms with Crippen LogP contribution in [-0.2, 0) is 6.42 Å². The molecule has 0 spiro atoms. The molecule has 1 unspecified atom stereocenters. The van der Waals surface area contributed by atoms with E-state index in [-0.39, 0.29) is 0 Å². The fourth-order valence-corrected chi connectivity index (χ4v) is 3.00. The minimum absolute atomic E-state index is 0.500. The molecule has 1 aliphatic rings. The molecule has 114 valence electrons. The maximum Gasteiger partial charge on any atom is 0.122 e. The Balaban J connectivity index is 2.26. The zero-order valence-electron chi connectivity index (χ0n) is 13.2. The molecule has 1 aromatic carbocycles. The second kappa shape index (κ2) is 6.82. The predicted molar refractivity (Wildman–Crippen MR) is 82.7 cm³/mol. The number of hydrogen-bond donors (Lipinski definition) is 0. The number of methoxy groups -OCH3 is 2. The van der Waals surface area contributed by atoms with Gasteiger partial charge in [0.05, 0.1) is 20.3 Å². The largest absolute Gasteiger partial charge is 0.497 e. The van der Waals surface area contributed by atoms with Crippen LogP contribution in [0, 0.1) is 11.3 Å². The first kappa shape index (κ1) is 15.7. The molecular formula is C17H24N2O2. The van der Waals surface area contributed by atoms with Crippen LogP contribution in [0.5, 0.6) is 11.5 Å². The summed E-state index contributed by atoms with van der Waals surface area (Å²) in [5, 5.41) is 9.73. The van der Waals surface area contributed by atoms with Crippen molar-refractivity contribution in [1.82, 2.24) is 4.90 Å². The van der Waals surface area contributed by atoms with Gasteiger partial charge in [-0.25, -0.2) is 0 Å². The minimum atomic E-state index is -0.500. The van der Waals surface area contributed by atoms with Gasteiger partial charge < -0.3 is 9.47 Å². The van der Waals surface area contributed by atoms with Crippen LogP contribution >= 0.6 is 0 Å². The molecule has 2 rings (SSSR count). The van der Waals surface area contributed by atoms with Crippen LogP contribution in [-0.4, -0.2) is 37.7 Å². The lowest BCUT2D eigenvalue weighted by Gasteiger charge is -2.38. The van der Waals surface area contributed by atoms with Crippen LogP contribution in [0.15, 0.2) is 18.2 Å². The van der Waals surface area contributed by atoms with Crippen LogP contribution in [0.3, 0.4) is 0 Å². The van der Waals surface area contributed by atoms with Gasteiger partial charge in [-0.3, -0.25) is 4.90 Å². The van der Waals surface area contributed by atoms with Crippen LogP contribution in [0.1, 0.15) is 31.7 Å². The zero-order valence-corrected chi connectivity index (χ0v) is 13.2. The van der Waals surface area contributed by atoms with Gasteiger partial charge in [-0.1, -0.05) is 6.42 Å². The van der Waals surface area contributed by atoms with Crippen molar-refractivity contribution in [1.29, 1.82) is 5.26 Å². The van der Waals surface area contributed by atoms with Gasteiger partial charge in [0.1, 0.15) is 17.0 Å². The maximum absolute atomic E-state index is 9.73. The molecule has 1 atom stereocenters. The molecule has 0 bridgehead atoms. The summed E-state index contributed by atoms with van der Waals surface area (Å²) in [7, 11) is 3.32. The van der Waals surface area contributed by atoms with E-state index in [1.807, 2.05) is 25.1 Å². The molecule has 0 radical (unpaired) electrons. The Bertz CT molecular complexity index is 518. The summed E-state index contributed by atoms with van der Waals surface area (Å²) in [6.07, 6.45) is 4.25. The summed E-state index contributed by atoms with van der Waals surface area (Å²) >= 11 is 0. The Labute approximate surface area is 127 Å².